The predicted octanol–water partition coefficient (Wildman–Crippen LogP) is 3.76. The highest BCUT2D eigenvalue weighted by Gasteiger charge is 2.12. The van der Waals surface area contributed by atoms with E-state index >= 15 is 0 Å². The molecule has 0 unspecified atom stereocenters. The molecule has 0 atom stereocenters. The molecule has 118 valence electrons. The van der Waals surface area contributed by atoms with Crippen molar-refractivity contribution in [2.45, 2.75) is 6.92 Å². The number of hydrogen-bond donors (Lipinski definition) is 1. The van der Waals surface area contributed by atoms with E-state index < -0.39 is 0 Å². The first-order chi connectivity index (χ1) is 11.2. The zero-order valence-electron chi connectivity index (χ0n) is 12.8. The third-order valence-electron chi connectivity index (χ3n) is 3.25. The number of benzene rings is 2. The molecule has 1 N–H and O–H groups in total. The molecule has 1 aromatic heterocycles. The second kappa shape index (κ2) is 6.39. The number of methoxy groups -OCH3 is 1. The van der Waals surface area contributed by atoms with E-state index in [0.29, 0.717) is 35.0 Å². The Labute approximate surface area is 133 Å². The Morgan fingerprint density at radius 1 is 1.26 bits per heavy atom. The molecular weight excluding hydrogens is 296 g/mol. The summed E-state index contributed by atoms with van der Waals surface area (Å²) < 4.78 is 15.9. The molecule has 0 saturated carbocycles. The Hall–Kier alpha value is -3.02. The first-order valence-electron chi connectivity index (χ1n) is 7.19. The summed E-state index contributed by atoms with van der Waals surface area (Å²) in [5, 5.41) is 3.07. The van der Waals surface area contributed by atoms with Crippen LogP contribution in [0.25, 0.3) is 11.1 Å². The van der Waals surface area contributed by atoms with Crippen molar-refractivity contribution in [3.8, 4) is 5.75 Å². The van der Waals surface area contributed by atoms with Crippen molar-refractivity contribution in [2.75, 3.05) is 19.0 Å². The molecular formula is C17H16N2O4. The SMILES string of the molecule is CCOC(=O)c1ccc2oc(Nc3ccccc3OC)nc2c1. The summed E-state index contributed by atoms with van der Waals surface area (Å²) in [5.41, 5.74) is 2.34. The van der Waals surface area contributed by atoms with E-state index in [4.69, 9.17) is 13.9 Å². The third-order valence-corrected chi connectivity index (χ3v) is 3.25. The second-order valence-electron chi connectivity index (χ2n) is 4.75. The number of rotatable bonds is 5. The fourth-order valence-corrected chi connectivity index (χ4v) is 2.19. The molecule has 0 amide bonds. The highest BCUT2D eigenvalue weighted by Crippen LogP contribution is 2.28. The normalized spacial score (nSPS) is 10.5. The van der Waals surface area contributed by atoms with Crippen LogP contribution in [0.15, 0.2) is 46.9 Å². The molecule has 0 bridgehead atoms. The van der Waals surface area contributed by atoms with Crippen molar-refractivity contribution in [3.05, 3.63) is 48.0 Å². The van der Waals surface area contributed by atoms with E-state index in [1.807, 2.05) is 24.3 Å². The highest BCUT2D eigenvalue weighted by atomic mass is 16.5. The number of nitrogens with one attached hydrogen (secondary N) is 1. The van der Waals surface area contributed by atoms with Gasteiger partial charge in [-0.05, 0) is 37.3 Å². The number of anilines is 2. The smallest absolute Gasteiger partial charge is 0.338 e. The van der Waals surface area contributed by atoms with Crippen LogP contribution in [-0.4, -0.2) is 24.7 Å². The van der Waals surface area contributed by atoms with Gasteiger partial charge in [-0.1, -0.05) is 12.1 Å². The molecule has 3 aromatic rings. The Morgan fingerprint density at radius 2 is 2.09 bits per heavy atom. The first kappa shape index (κ1) is 14.9. The van der Waals surface area contributed by atoms with Gasteiger partial charge in [0.2, 0.25) is 0 Å². The number of nitrogens with zero attached hydrogens (tertiary/aromatic N) is 1. The molecule has 6 nitrogen and oxygen atoms in total. The van der Waals surface area contributed by atoms with Crippen LogP contribution in [0.1, 0.15) is 17.3 Å². The molecule has 0 aliphatic heterocycles. The van der Waals surface area contributed by atoms with Gasteiger partial charge in [-0.25, -0.2) is 4.79 Å². The molecule has 0 aliphatic carbocycles. The Balaban J connectivity index is 1.89. The molecule has 3 rings (SSSR count). The van der Waals surface area contributed by atoms with Crippen molar-refractivity contribution < 1.29 is 18.7 Å². The minimum Gasteiger partial charge on any atom is -0.495 e. The fourth-order valence-electron chi connectivity index (χ4n) is 2.19. The molecule has 0 aliphatic rings. The van der Waals surface area contributed by atoms with E-state index in [9.17, 15) is 4.79 Å². The van der Waals surface area contributed by atoms with Crippen LogP contribution in [-0.2, 0) is 4.74 Å². The number of hydrogen-bond acceptors (Lipinski definition) is 6. The maximum absolute atomic E-state index is 11.8. The van der Waals surface area contributed by atoms with Crippen LogP contribution < -0.4 is 10.1 Å². The summed E-state index contributed by atoms with van der Waals surface area (Å²) in [6, 6.07) is 12.8. The maximum Gasteiger partial charge on any atom is 0.338 e. The summed E-state index contributed by atoms with van der Waals surface area (Å²) in [6.45, 7) is 2.10. The van der Waals surface area contributed by atoms with Gasteiger partial charge in [-0.2, -0.15) is 4.98 Å². The molecule has 6 heteroatoms. The number of oxazole rings is 1. The summed E-state index contributed by atoms with van der Waals surface area (Å²) in [6.07, 6.45) is 0. The van der Waals surface area contributed by atoms with Gasteiger partial charge in [0.25, 0.3) is 6.01 Å². The number of carbonyl (C=O) groups excluding carboxylic acids is 1. The number of ether oxygens (including phenoxy) is 2. The van der Waals surface area contributed by atoms with Crippen molar-refractivity contribution in [2.24, 2.45) is 0 Å². The summed E-state index contributed by atoms with van der Waals surface area (Å²) in [7, 11) is 1.60. The number of aromatic nitrogens is 1. The van der Waals surface area contributed by atoms with Crippen molar-refractivity contribution in [1.29, 1.82) is 0 Å². The number of carbonyl (C=O) groups is 1. The quantitative estimate of drug-likeness (QED) is 0.723. The summed E-state index contributed by atoms with van der Waals surface area (Å²) >= 11 is 0. The van der Waals surface area contributed by atoms with Crippen molar-refractivity contribution in [1.82, 2.24) is 4.98 Å². The van der Waals surface area contributed by atoms with Crippen LogP contribution in [0.3, 0.4) is 0 Å². The standard InChI is InChI=1S/C17H16N2O4/c1-3-22-16(20)11-8-9-15-13(10-11)19-17(23-15)18-12-6-4-5-7-14(12)21-2/h4-10H,3H2,1-2H3,(H,18,19). The molecule has 0 spiro atoms. The van der Waals surface area contributed by atoms with Crippen LogP contribution in [0, 0.1) is 0 Å². The highest BCUT2D eigenvalue weighted by molar-refractivity contribution is 5.93. The van der Waals surface area contributed by atoms with Crippen LogP contribution in [0.5, 0.6) is 5.75 Å². The number of fused-ring (bicyclic) bond motifs is 1. The van der Waals surface area contributed by atoms with Gasteiger partial charge in [0.15, 0.2) is 5.58 Å². The topological polar surface area (TPSA) is 73.6 Å². The summed E-state index contributed by atoms with van der Waals surface area (Å²) in [5.74, 6) is 0.304. The van der Waals surface area contributed by atoms with Gasteiger partial charge >= 0.3 is 5.97 Å². The average Bonchev–Trinajstić information content (AvgIpc) is 2.97. The molecule has 0 saturated heterocycles. The van der Waals surface area contributed by atoms with Gasteiger partial charge in [0.1, 0.15) is 11.3 Å². The van der Waals surface area contributed by atoms with E-state index in [0.717, 1.165) is 5.69 Å². The maximum atomic E-state index is 11.8. The lowest BCUT2D eigenvalue weighted by molar-refractivity contribution is 0.0526. The first-order valence-corrected chi connectivity index (χ1v) is 7.19. The van der Waals surface area contributed by atoms with E-state index in [1.54, 1.807) is 32.2 Å². The Kier molecular flexibility index (Phi) is 4.14. The minimum absolute atomic E-state index is 0.325. The Bertz CT molecular complexity index is 841. The monoisotopic (exact) mass is 312 g/mol. The van der Waals surface area contributed by atoms with Gasteiger partial charge in [-0.3, -0.25) is 0 Å². The van der Waals surface area contributed by atoms with Crippen LogP contribution in [0.4, 0.5) is 11.7 Å². The van der Waals surface area contributed by atoms with Crippen LogP contribution >= 0.6 is 0 Å². The molecule has 0 fully saturated rings. The zero-order valence-corrected chi connectivity index (χ0v) is 12.8. The summed E-state index contributed by atoms with van der Waals surface area (Å²) in [4.78, 5) is 16.1. The number of esters is 1. The fraction of sp³-hybridized carbons (Fsp3) is 0.176. The van der Waals surface area contributed by atoms with E-state index in [2.05, 4.69) is 10.3 Å². The second-order valence-corrected chi connectivity index (χ2v) is 4.75. The van der Waals surface area contributed by atoms with E-state index in [1.165, 1.54) is 0 Å². The lowest BCUT2D eigenvalue weighted by Crippen LogP contribution is -2.03. The predicted molar refractivity (Wildman–Crippen MR) is 86.2 cm³/mol. The third kappa shape index (κ3) is 3.11. The van der Waals surface area contributed by atoms with Gasteiger partial charge in [0, 0.05) is 0 Å². The number of para-hydroxylation sites is 2. The molecule has 1 heterocycles. The minimum atomic E-state index is -0.378. The van der Waals surface area contributed by atoms with E-state index in [-0.39, 0.29) is 5.97 Å². The Morgan fingerprint density at radius 3 is 2.87 bits per heavy atom. The molecule has 23 heavy (non-hydrogen) atoms. The zero-order chi connectivity index (χ0) is 16.2. The van der Waals surface area contributed by atoms with Gasteiger partial charge in [0.05, 0.1) is 25.0 Å². The molecule has 2 aromatic carbocycles. The van der Waals surface area contributed by atoms with Gasteiger partial charge < -0.3 is 19.2 Å². The van der Waals surface area contributed by atoms with Crippen LogP contribution in [0.2, 0.25) is 0 Å². The lowest BCUT2D eigenvalue weighted by Gasteiger charge is -2.07. The lowest BCUT2D eigenvalue weighted by atomic mass is 10.2. The van der Waals surface area contributed by atoms with Gasteiger partial charge in [-0.15, -0.1) is 0 Å². The van der Waals surface area contributed by atoms with Crippen molar-refractivity contribution in [3.63, 3.8) is 0 Å². The largest absolute Gasteiger partial charge is 0.495 e. The average molecular weight is 312 g/mol. The molecule has 0 radical (unpaired) electrons. The van der Waals surface area contributed by atoms with Crippen molar-refractivity contribution >= 4 is 28.8 Å².